The number of pyridine rings is 1. The van der Waals surface area contributed by atoms with E-state index < -0.39 is 17.6 Å². The Morgan fingerprint density at radius 1 is 0.949 bits per heavy atom. The number of likely N-dealkylation sites (N-methyl/N-ethyl adjacent to an activating group) is 1. The zero-order valence-electron chi connectivity index (χ0n) is 23.8. The van der Waals surface area contributed by atoms with Crippen LogP contribution in [0, 0.1) is 0 Å². The van der Waals surface area contributed by atoms with Crippen molar-refractivity contribution < 1.29 is 19.1 Å². The van der Waals surface area contributed by atoms with Crippen LogP contribution in [0.1, 0.15) is 68.9 Å². The number of amides is 4. The molecule has 1 saturated carbocycles. The van der Waals surface area contributed by atoms with E-state index in [9.17, 15) is 14.4 Å². The van der Waals surface area contributed by atoms with E-state index in [1.54, 1.807) is 62.2 Å². The molecule has 1 aromatic carbocycles. The third-order valence-corrected chi connectivity index (χ3v) is 6.28. The van der Waals surface area contributed by atoms with Crippen molar-refractivity contribution in [1.29, 1.82) is 0 Å². The van der Waals surface area contributed by atoms with Gasteiger partial charge >= 0.3 is 12.1 Å². The Morgan fingerprint density at radius 3 is 2.21 bits per heavy atom. The molecule has 0 saturated heterocycles. The van der Waals surface area contributed by atoms with E-state index in [0.717, 1.165) is 37.8 Å². The zero-order valence-corrected chi connectivity index (χ0v) is 23.8. The molecule has 1 aliphatic carbocycles. The molecule has 0 unspecified atom stereocenters. The molecule has 0 aliphatic heterocycles. The highest BCUT2D eigenvalue weighted by molar-refractivity contribution is 6.05. The van der Waals surface area contributed by atoms with E-state index >= 15 is 0 Å². The molecule has 0 atom stereocenters. The molecular formula is C29H42N6O4. The molecule has 3 N–H and O–H groups in total. The number of carbonyl (C=O) groups excluding carboxylic acids is 3. The summed E-state index contributed by atoms with van der Waals surface area (Å²) in [6.45, 7) is 7.04. The summed E-state index contributed by atoms with van der Waals surface area (Å²) in [5, 5.41) is 8.67. The van der Waals surface area contributed by atoms with Gasteiger partial charge in [-0.1, -0.05) is 37.5 Å². The Balaban J connectivity index is 1.63. The van der Waals surface area contributed by atoms with E-state index in [2.05, 4.69) is 20.9 Å². The zero-order chi connectivity index (χ0) is 28.4. The van der Waals surface area contributed by atoms with Crippen molar-refractivity contribution in [3.05, 3.63) is 53.9 Å². The first-order chi connectivity index (χ1) is 18.5. The topological polar surface area (TPSA) is 116 Å². The van der Waals surface area contributed by atoms with E-state index in [4.69, 9.17) is 4.74 Å². The van der Waals surface area contributed by atoms with Crippen LogP contribution in [0.2, 0.25) is 0 Å². The number of aromatic nitrogens is 1. The van der Waals surface area contributed by atoms with Crippen LogP contribution in [0.4, 0.5) is 21.0 Å². The lowest BCUT2D eigenvalue weighted by Crippen LogP contribution is -2.47. The summed E-state index contributed by atoms with van der Waals surface area (Å²) in [7, 11) is 3.96. The molecule has 10 heteroatoms. The summed E-state index contributed by atoms with van der Waals surface area (Å²) in [6, 6.07) is 10.5. The predicted molar refractivity (Wildman–Crippen MR) is 153 cm³/mol. The first kappa shape index (κ1) is 29.9. The van der Waals surface area contributed by atoms with Gasteiger partial charge in [0, 0.05) is 31.9 Å². The summed E-state index contributed by atoms with van der Waals surface area (Å²) in [5.41, 5.74) is 1.24. The Kier molecular flexibility index (Phi) is 10.7. The predicted octanol–water partition coefficient (Wildman–Crippen LogP) is 5.09. The highest BCUT2D eigenvalue weighted by atomic mass is 16.6. The second kappa shape index (κ2) is 13.9. The molecule has 0 bridgehead atoms. The van der Waals surface area contributed by atoms with Crippen molar-refractivity contribution in [2.45, 2.75) is 71.1 Å². The third kappa shape index (κ3) is 10.2. The van der Waals surface area contributed by atoms with Crippen molar-refractivity contribution in [2.24, 2.45) is 0 Å². The van der Waals surface area contributed by atoms with Crippen LogP contribution in [-0.4, -0.2) is 71.6 Å². The highest BCUT2D eigenvalue weighted by Gasteiger charge is 2.21. The highest BCUT2D eigenvalue weighted by Crippen LogP contribution is 2.23. The maximum absolute atomic E-state index is 13.1. The molecule has 39 heavy (non-hydrogen) atoms. The van der Waals surface area contributed by atoms with Gasteiger partial charge in [-0.3, -0.25) is 15.1 Å². The fourth-order valence-electron chi connectivity index (χ4n) is 4.26. The van der Waals surface area contributed by atoms with Crippen molar-refractivity contribution in [1.82, 2.24) is 20.1 Å². The van der Waals surface area contributed by atoms with Crippen molar-refractivity contribution in [3.8, 4) is 0 Å². The van der Waals surface area contributed by atoms with Crippen LogP contribution in [-0.2, 0) is 11.3 Å². The summed E-state index contributed by atoms with van der Waals surface area (Å²) in [5.74, 6) is -0.417. The lowest BCUT2D eigenvalue weighted by Gasteiger charge is -2.29. The normalized spacial score (nSPS) is 14.0. The van der Waals surface area contributed by atoms with Gasteiger partial charge in [0.25, 0.3) is 5.91 Å². The van der Waals surface area contributed by atoms with Gasteiger partial charge in [-0.05, 0) is 71.5 Å². The van der Waals surface area contributed by atoms with Crippen LogP contribution >= 0.6 is 0 Å². The Morgan fingerprint density at radius 2 is 1.62 bits per heavy atom. The number of urea groups is 1. The fourth-order valence-corrected chi connectivity index (χ4v) is 4.26. The molecule has 1 heterocycles. The molecule has 212 valence electrons. The molecule has 1 aromatic heterocycles. The fraction of sp³-hybridized carbons (Fsp3) is 0.517. The molecular weight excluding hydrogens is 496 g/mol. The van der Waals surface area contributed by atoms with E-state index in [1.165, 1.54) is 6.42 Å². The molecule has 2 aromatic rings. The summed E-state index contributed by atoms with van der Waals surface area (Å²) >= 11 is 0. The van der Waals surface area contributed by atoms with Crippen molar-refractivity contribution >= 4 is 29.4 Å². The summed E-state index contributed by atoms with van der Waals surface area (Å²) in [6.07, 6.45) is 6.59. The van der Waals surface area contributed by atoms with E-state index in [0.29, 0.717) is 24.5 Å². The number of para-hydroxylation sites is 2. The largest absolute Gasteiger partial charge is 0.444 e. The van der Waals surface area contributed by atoms with Gasteiger partial charge in [-0.2, -0.15) is 0 Å². The maximum Gasteiger partial charge on any atom is 0.412 e. The molecule has 3 rings (SSSR count). The number of hydrogen-bond acceptors (Lipinski definition) is 6. The van der Waals surface area contributed by atoms with Gasteiger partial charge in [-0.25, -0.2) is 9.59 Å². The van der Waals surface area contributed by atoms with E-state index in [1.807, 2.05) is 25.1 Å². The first-order valence-corrected chi connectivity index (χ1v) is 13.6. The van der Waals surface area contributed by atoms with Crippen molar-refractivity contribution in [3.63, 3.8) is 0 Å². The van der Waals surface area contributed by atoms with Gasteiger partial charge in [0.2, 0.25) is 0 Å². The molecule has 1 aliphatic rings. The quantitative estimate of drug-likeness (QED) is 0.410. The van der Waals surface area contributed by atoms with E-state index in [-0.39, 0.29) is 17.8 Å². The smallest absolute Gasteiger partial charge is 0.412 e. The standard InChI is InChI=1S/C29H42N6O4/c1-29(2,3)39-28(38)33-24-14-10-9-13-23(24)32-26(36)25-16-15-21(19-30-25)20-35(18-17-34(4)5)27(37)31-22-11-7-6-8-12-22/h9-10,13-16,19,22H,6-8,11-12,17-18,20H2,1-5H3,(H,31,37)(H,32,36)(H,33,38). The minimum atomic E-state index is -0.646. The lowest BCUT2D eigenvalue weighted by molar-refractivity contribution is 0.0635. The van der Waals surface area contributed by atoms with Gasteiger partial charge in [0.15, 0.2) is 0 Å². The minimum Gasteiger partial charge on any atom is -0.444 e. The number of rotatable bonds is 9. The Labute approximate surface area is 231 Å². The van der Waals surface area contributed by atoms with Crippen LogP contribution in [0.5, 0.6) is 0 Å². The molecule has 0 radical (unpaired) electrons. The average Bonchev–Trinajstić information content (AvgIpc) is 2.87. The first-order valence-electron chi connectivity index (χ1n) is 13.6. The average molecular weight is 539 g/mol. The number of anilines is 2. The number of nitrogens with zero attached hydrogens (tertiary/aromatic N) is 3. The van der Waals surface area contributed by atoms with Gasteiger partial charge < -0.3 is 25.2 Å². The molecule has 4 amide bonds. The van der Waals surface area contributed by atoms with Gasteiger partial charge in [0.05, 0.1) is 11.4 Å². The molecule has 10 nitrogen and oxygen atoms in total. The molecule has 0 spiro atoms. The lowest BCUT2D eigenvalue weighted by atomic mass is 9.96. The molecule has 1 fully saturated rings. The third-order valence-electron chi connectivity index (χ3n) is 6.28. The number of hydrogen-bond donors (Lipinski definition) is 3. The summed E-state index contributed by atoms with van der Waals surface area (Å²) in [4.78, 5) is 46.4. The monoisotopic (exact) mass is 538 g/mol. The van der Waals surface area contributed by atoms with Crippen LogP contribution in [0.25, 0.3) is 0 Å². The van der Waals surface area contributed by atoms with Crippen LogP contribution < -0.4 is 16.0 Å². The number of nitrogens with one attached hydrogen (secondary N) is 3. The number of ether oxygens (including phenoxy) is 1. The van der Waals surface area contributed by atoms with Crippen LogP contribution in [0.3, 0.4) is 0 Å². The number of carbonyl (C=O) groups is 3. The second-order valence-corrected chi connectivity index (χ2v) is 11.2. The maximum atomic E-state index is 13.1. The van der Waals surface area contributed by atoms with Gasteiger partial charge in [-0.15, -0.1) is 0 Å². The Bertz CT molecular complexity index is 1110. The second-order valence-electron chi connectivity index (χ2n) is 11.2. The minimum absolute atomic E-state index is 0.0698. The number of benzene rings is 1. The SMILES string of the molecule is CN(C)CCN(Cc1ccc(C(=O)Nc2ccccc2NC(=O)OC(C)(C)C)nc1)C(=O)NC1CCCCC1. The van der Waals surface area contributed by atoms with Gasteiger partial charge in [0.1, 0.15) is 11.3 Å². The van der Waals surface area contributed by atoms with Crippen LogP contribution in [0.15, 0.2) is 42.6 Å². The summed E-state index contributed by atoms with van der Waals surface area (Å²) < 4.78 is 5.31. The van der Waals surface area contributed by atoms with Crippen molar-refractivity contribution in [2.75, 3.05) is 37.8 Å². The Hall–Kier alpha value is -3.66.